The number of carbonyl (C=O) groups is 1. The van der Waals surface area contributed by atoms with E-state index in [-0.39, 0.29) is 5.76 Å². The summed E-state index contributed by atoms with van der Waals surface area (Å²) in [7, 11) is 1.86. The van der Waals surface area contributed by atoms with Gasteiger partial charge in [-0.15, -0.1) is 0 Å². The summed E-state index contributed by atoms with van der Waals surface area (Å²) in [5.41, 5.74) is 2.29. The third-order valence-corrected chi connectivity index (χ3v) is 3.59. The predicted octanol–water partition coefficient (Wildman–Crippen LogP) is 3.44. The number of esters is 1. The fraction of sp³-hybridized carbons (Fsp3) is 0.267. The topological polar surface area (TPSA) is 70.2 Å². The highest BCUT2D eigenvalue weighted by Crippen LogP contribution is 2.24. The second-order valence-corrected chi connectivity index (χ2v) is 5.48. The van der Waals surface area contributed by atoms with E-state index in [0.29, 0.717) is 16.5 Å². The number of imidazole rings is 1. The molecular formula is C15H14ClN3O3. The molecule has 1 aromatic carbocycles. The van der Waals surface area contributed by atoms with Crippen LogP contribution in [0.1, 0.15) is 35.1 Å². The van der Waals surface area contributed by atoms with Gasteiger partial charge in [0.15, 0.2) is 11.9 Å². The largest absolute Gasteiger partial charge is 0.449 e. The highest BCUT2D eigenvalue weighted by molar-refractivity contribution is 6.31. The lowest BCUT2D eigenvalue weighted by Gasteiger charge is -2.11. The number of benzene rings is 1. The monoisotopic (exact) mass is 319 g/mol. The molecule has 1 atom stereocenters. The van der Waals surface area contributed by atoms with Gasteiger partial charge in [0.25, 0.3) is 0 Å². The molecule has 1 unspecified atom stereocenters. The first-order valence-electron chi connectivity index (χ1n) is 6.72. The van der Waals surface area contributed by atoms with E-state index < -0.39 is 12.1 Å². The summed E-state index contributed by atoms with van der Waals surface area (Å²) in [5, 5.41) is 4.28. The third-order valence-electron chi connectivity index (χ3n) is 3.35. The van der Waals surface area contributed by atoms with Gasteiger partial charge in [0, 0.05) is 18.1 Å². The Hall–Kier alpha value is -2.34. The van der Waals surface area contributed by atoms with Crippen molar-refractivity contribution in [2.75, 3.05) is 0 Å². The van der Waals surface area contributed by atoms with Crippen LogP contribution in [0, 0.1) is 6.92 Å². The Labute approximate surface area is 131 Å². The number of rotatable bonds is 3. The summed E-state index contributed by atoms with van der Waals surface area (Å²) in [6.45, 7) is 3.49. The molecule has 2 aromatic heterocycles. The van der Waals surface area contributed by atoms with E-state index in [1.54, 1.807) is 26.0 Å². The SMILES string of the molecule is Cc1cc(C(=O)OC(C)c2nc3cc(Cl)ccc3n2C)on1. The van der Waals surface area contributed by atoms with Crippen LogP contribution in [0.3, 0.4) is 0 Å². The lowest BCUT2D eigenvalue weighted by atomic mass is 10.3. The van der Waals surface area contributed by atoms with Gasteiger partial charge in [-0.3, -0.25) is 0 Å². The quantitative estimate of drug-likeness (QED) is 0.692. The lowest BCUT2D eigenvalue weighted by molar-refractivity contribution is 0.0269. The zero-order chi connectivity index (χ0) is 15.9. The Morgan fingerprint density at radius 1 is 1.41 bits per heavy atom. The number of hydrogen-bond acceptors (Lipinski definition) is 5. The van der Waals surface area contributed by atoms with Gasteiger partial charge < -0.3 is 13.8 Å². The first-order chi connectivity index (χ1) is 10.5. The molecule has 22 heavy (non-hydrogen) atoms. The van der Waals surface area contributed by atoms with Crippen molar-refractivity contribution in [3.63, 3.8) is 0 Å². The molecule has 3 rings (SSSR count). The maximum absolute atomic E-state index is 12.0. The third kappa shape index (κ3) is 2.57. The van der Waals surface area contributed by atoms with Crippen LogP contribution in [-0.4, -0.2) is 20.7 Å². The molecule has 114 valence electrons. The molecule has 7 heteroatoms. The average Bonchev–Trinajstić information content (AvgIpc) is 3.03. The van der Waals surface area contributed by atoms with Gasteiger partial charge in [-0.1, -0.05) is 16.8 Å². The zero-order valence-electron chi connectivity index (χ0n) is 12.3. The van der Waals surface area contributed by atoms with E-state index in [4.69, 9.17) is 20.9 Å². The summed E-state index contributed by atoms with van der Waals surface area (Å²) in [6, 6.07) is 6.98. The average molecular weight is 320 g/mol. The molecule has 0 saturated carbocycles. The molecule has 0 saturated heterocycles. The van der Waals surface area contributed by atoms with Gasteiger partial charge in [0.05, 0.1) is 16.7 Å². The molecule has 0 aliphatic rings. The summed E-state index contributed by atoms with van der Waals surface area (Å²) in [4.78, 5) is 16.5. The standard InChI is InChI=1S/C15H14ClN3O3/c1-8-6-13(22-18-8)15(20)21-9(2)14-17-11-7-10(16)4-5-12(11)19(14)3/h4-7,9H,1-3H3. The molecule has 0 bridgehead atoms. The minimum atomic E-state index is -0.571. The summed E-state index contributed by atoms with van der Waals surface area (Å²) in [6.07, 6.45) is -0.533. The first kappa shape index (κ1) is 14.6. The molecular weight excluding hydrogens is 306 g/mol. The fourth-order valence-electron chi connectivity index (χ4n) is 2.29. The predicted molar refractivity (Wildman–Crippen MR) is 80.8 cm³/mol. The molecule has 0 N–H and O–H groups in total. The Morgan fingerprint density at radius 2 is 2.18 bits per heavy atom. The maximum Gasteiger partial charge on any atom is 0.377 e. The maximum atomic E-state index is 12.0. The number of ether oxygens (including phenoxy) is 1. The number of fused-ring (bicyclic) bond motifs is 1. The van der Waals surface area contributed by atoms with Crippen LogP contribution >= 0.6 is 11.6 Å². The number of nitrogens with zero attached hydrogens (tertiary/aromatic N) is 3. The molecule has 2 heterocycles. The second kappa shape index (κ2) is 5.46. The van der Waals surface area contributed by atoms with Crippen molar-refractivity contribution >= 4 is 28.6 Å². The van der Waals surface area contributed by atoms with Gasteiger partial charge in [-0.05, 0) is 32.0 Å². The number of aromatic nitrogens is 3. The van der Waals surface area contributed by atoms with Crippen LogP contribution in [0.5, 0.6) is 0 Å². The highest BCUT2D eigenvalue weighted by atomic mass is 35.5. The highest BCUT2D eigenvalue weighted by Gasteiger charge is 2.21. The van der Waals surface area contributed by atoms with E-state index in [0.717, 1.165) is 11.0 Å². The lowest BCUT2D eigenvalue weighted by Crippen LogP contribution is -2.12. The van der Waals surface area contributed by atoms with Gasteiger partial charge in [-0.2, -0.15) is 0 Å². The number of halogens is 1. The van der Waals surface area contributed by atoms with Gasteiger partial charge in [-0.25, -0.2) is 9.78 Å². The number of carbonyl (C=O) groups excluding carboxylic acids is 1. The molecule has 0 aliphatic carbocycles. The zero-order valence-corrected chi connectivity index (χ0v) is 13.1. The van der Waals surface area contributed by atoms with E-state index in [2.05, 4.69) is 10.1 Å². The minimum absolute atomic E-state index is 0.0751. The Bertz CT molecular complexity index is 853. The molecule has 0 spiro atoms. The van der Waals surface area contributed by atoms with Crippen LogP contribution in [-0.2, 0) is 11.8 Å². The van der Waals surface area contributed by atoms with E-state index >= 15 is 0 Å². The Kier molecular flexibility index (Phi) is 3.62. The smallest absolute Gasteiger partial charge is 0.377 e. The van der Waals surface area contributed by atoms with E-state index in [9.17, 15) is 4.79 Å². The summed E-state index contributed by atoms with van der Waals surface area (Å²) >= 11 is 5.97. The molecule has 0 aliphatic heterocycles. The number of hydrogen-bond donors (Lipinski definition) is 0. The van der Waals surface area contributed by atoms with Crippen molar-refractivity contribution in [2.45, 2.75) is 20.0 Å². The van der Waals surface area contributed by atoms with Crippen molar-refractivity contribution in [2.24, 2.45) is 7.05 Å². The van der Waals surface area contributed by atoms with Crippen molar-refractivity contribution in [3.05, 3.63) is 46.6 Å². The second-order valence-electron chi connectivity index (χ2n) is 5.04. The van der Waals surface area contributed by atoms with Crippen molar-refractivity contribution in [1.82, 2.24) is 14.7 Å². The Morgan fingerprint density at radius 3 is 2.86 bits per heavy atom. The Balaban J connectivity index is 1.87. The summed E-state index contributed by atoms with van der Waals surface area (Å²) < 4.78 is 12.2. The normalized spacial score (nSPS) is 12.5. The van der Waals surface area contributed by atoms with Crippen LogP contribution < -0.4 is 0 Å². The van der Waals surface area contributed by atoms with Gasteiger partial charge in [0.1, 0.15) is 0 Å². The van der Waals surface area contributed by atoms with Crippen molar-refractivity contribution < 1.29 is 14.1 Å². The fourth-order valence-corrected chi connectivity index (χ4v) is 2.45. The summed E-state index contributed by atoms with van der Waals surface area (Å²) in [5.74, 6) is 0.131. The van der Waals surface area contributed by atoms with Gasteiger partial charge >= 0.3 is 5.97 Å². The number of aryl methyl sites for hydroxylation is 2. The van der Waals surface area contributed by atoms with Crippen molar-refractivity contribution in [3.8, 4) is 0 Å². The van der Waals surface area contributed by atoms with Crippen LogP contribution in [0.4, 0.5) is 0 Å². The molecule has 6 nitrogen and oxygen atoms in total. The van der Waals surface area contributed by atoms with Crippen LogP contribution in [0.15, 0.2) is 28.8 Å². The molecule has 0 radical (unpaired) electrons. The van der Waals surface area contributed by atoms with Crippen molar-refractivity contribution in [1.29, 1.82) is 0 Å². The first-order valence-corrected chi connectivity index (χ1v) is 7.09. The van der Waals surface area contributed by atoms with Crippen LogP contribution in [0.25, 0.3) is 11.0 Å². The minimum Gasteiger partial charge on any atom is -0.449 e. The van der Waals surface area contributed by atoms with Crippen LogP contribution in [0.2, 0.25) is 5.02 Å². The molecule has 0 fully saturated rings. The van der Waals surface area contributed by atoms with E-state index in [1.807, 2.05) is 17.7 Å². The molecule has 0 amide bonds. The van der Waals surface area contributed by atoms with Gasteiger partial charge in [0.2, 0.25) is 5.76 Å². The van der Waals surface area contributed by atoms with E-state index in [1.165, 1.54) is 6.07 Å². The molecule has 3 aromatic rings.